The highest BCUT2D eigenvalue weighted by Gasteiger charge is 2.19. The van der Waals surface area contributed by atoms with Gasteiger partial charge in [0.15, 0.2) is 0 Å². The third-order valence-corrected chi connectivity index (χ3v) is 2.00. The third-order valence-electron chi connectivity index (χ3n) is 2.00. The molecule has 0 aromatic carbocycles. The molecule has 0 saturated heterocycles. The molecule has 5 heteroatoms. The standard InChI is InChI=1S/C11H14O5/c1-3-4-8(12)11(14)9-5-7(15-2)6-10(13)16-9/h3-6,8,11-12,14H,1-2H3/b4-3+/t8-,11-/m1/s1. The van der Waals surface area contributed by atoms with E-state index >= 15 is 0 Å². The third kappa shape index (κ3) is 2.95. The number of allylic oxidation sites excluding steroid dienone is 1. The van der Waals surface area contributed by atoms with Gasteiger partial charge in [-0.1, -0.05) is 12.2 Å². The van der Waals surface area contributed by atoms with Crippen LogP contribution in [0.3, 0.4) is 0 Å². The first kappa shape index (κ1) is 12.5. The van der Waals surface area contributed by atoms with Crippen LogP contribution in [0.5, 0.6) is 5.75 Å². The largest absolute Gasteiger partial charge is 0.496 e. The van der Waals surface area contributed by atoms with Crippen molar-refractivity contribution >= 4 is 0 Å². The molecule has 5 nitrogen and oxygen atoms in total. The highest BCUT2D eigenvalue weighted by Crippen LogP contribution is 2.20. The second kappa shape index (κ2) is 5.48. The maximum absolute atomic E-state index is 11.1. The van der Waals surface area contributed by atoms with Gasteiger partial charge in [0.1, 0.15) is 23.7 Å². The number of rotatable bonds is 4. The van der Waals surface area contributed by atoms with Crippen LogP contribution in [0.1, 0.15) is 18.8 Å². The Morgan fingerprint density at radius 3 is 2.69 bits per heavy atom. The summed E-state index contributed by atoms with van der Waals surface area (Å²) >= 11 is 0. The first-order valence-electron chi connectivity index (χ1n) is 4.76. The van der Waals surface area contributed by atoms with Gasteiger partial charge in [-0.25, -0.2) is 4.79 Å². The van der Waals surface area contributed by atoms with Gasteiger partial charge in [0.05, 0.1) is 13.2 Å². The molecule has 1 aromatic rings. The smallest absolute Gasteiger partial charge is 0.339 e. The second-order valence-electron chi connectivity index (χ2n) is 3.18. The topological polar surface area (TPSA) is 79.9 Å². The van der Waals surface area contributed by atoms with Crippen molar-refractivity contribution < 1.29 is 19.4 Å². The first-order valence-corrected chi connectivity index (χ1v) is 4.76. The van der Waals surface area contributed by atoms with Crippen LogP contribution in [0.15, 0.2) is 33.5 Å². The summed E-state index contributed by atoms with van der Waals surface area (Å²) in [5.41, 5.74) is -0.638. The molecule has 2 N–H and O–H groups in total. The molecule has 0 unspecified atom stereocenters. The summed E-state index contributed by atoms with van der Waals surface area (Å²) < 4.78 is 9.62. The van der Waals surface area contributed by atoms with E-state index in [1.165, 1.54) is 19.3 Å². The number of aliphatic hydroxyl groups is 2. The molecule has 0 amide bonds. The molecule has 0 bridgehead atoms. The van der Waals surface area contributed by atoms with Gasteiger partial charge in [0, 0.05) is 6.07 Å². The summed E-state index contributed by atoms with van der Waals surface area (Å²) in [6, 6.07) is 2.51. The molecule has 0 aliphatic rings. The predicted octanol–water partition coefficient (Wildman–Crippen LogP) is 0.619. The van der Waals surface area contributed by atoms with E-state index in [-0.39, 0.29) is 11.5 Å². The van der Waals surface area contributed by atoms with Crippen molar-refractivity contribution in [3.8, 4) is 5.75 Å². The average molecular weight is 226 g/mol. The average Bonchev–Trinajstić information content (AvgIpc) is 2.27. The molecule has 0 radical (unpaired) electrons. The van der Waals surface area contributed by atoms with Crippen LogP contribution in [-0.4, -0.2) is 23.4 Å². The Morgan fingerprint density at radius 1 is 1.44 bits per heavy atom. The Bertz CT molecular complexity index is 421. The van der Waals surface area contributed by atoms with Crippen molar-refractivity contribution in [2.75, 3.05) is 7.11 Å². The second-order valence-corrected chi connectivity index (χ2v) is 3.18. The van der Waals surface area contributed by atoms with Crippen molar-refractivity contribution in [3.05, 3.63) is 40.5 Å². The Kier molecular flexibility index (Phi) is 4.28. The van der Waals surface area contributed by atoms with E-state index in [0.29, 0.717) is 0 Å². The van der Waals surface area contributed by atoms with Gasteiger partial charge < -0.3 is 19.4 Å². The fraction of sp³-hybridized carbons (Fsp3) is 0.364. The number of hydrogen-bond acceptors (Lipinski definition) is 5. The molecular weight excluding hydrogens is 212 g/mol. The number of ether oxygens (including phenoxy) is 1. The fourth-order valence-electron chi connectivity index (χ4n) is 1.21. The maximum atomic E-state index is 11.1. The minimum absolute atomic E-state index is 0.0325. The lowest BCUT2D eigenvalue weighted by atomic mass is 10.1. The van der Waals surface area contributed by atoms with Gasteiger partial charge in [-0.2, -0.15) is 0 Å². The normalized spacial score (nSPS) is 15.0. The summed E-state index contributed by atoms with van der Waals surface area (Å²) in [5.74, 6) is 0.243. The van der Waals surface area contributed by atoms with Gasteiger partial charge in [-0.3, -0.25) is 0 Å². The molecule has 2 atom stereocenters. The first-order chi connectivity index (χ1) is 7.58. The highest BCUT2D eigenvalue weighted by atomic mass is 16.5. The Morgan fingerprint density at radius 2 is 2.12 bits per heavy atom. The predicted molar refractivity (Wildman–Crippen MR) is 57.3 cm³/mol. The molecule has 1 rings (SSSR count). The van der Waals surface area contributed by atoms with Gasteiger partial charge in [0.2, 0.25) is 0 Å². The molecule has 0 saturated carbocycles. The molecule has 88 valence electrons. The van der Waals surface area contributed by atoms with E-state index < -0.39 is 17.8 Å². The summed E-state index contributed by atoms with van der Waals surface area (Å²) in [5, 5.41) is 19.2. The van der Waals surface area contributed by atoms with Crippen LogP contribution < -0.4 is 10.4 Å². The fourth-order valence-corrected chi connectivity index (χ4v) is 1.21. The minimum Gasteiger partial charge on any atom is -0.496 e. The van der Waals surface area contributed by atoms with Crippen molar-refractivity contribution in [2.45, 2.75) is 19.1 Å². The van der Waals surface area contributed by atoms with E-state index in [0.717, 1.165) is 6.07 Å². The van der Waals surface area contributed by atoms with Gasteiger partial charge in [-0.15, -0.1) is 0 Å². The number of aliphatic hydroxyl groups excluding tert-OH is 2. The summed E-state index contributed by atoms with van der Waals surface area (Å²) in [6.45, 7) is 1.71. The SMILES string of the molecule is C/C=C/[C@@H](O)[C@@H](O)c1cc(OC)cc(=O)o1. The van der Waals surface area contributed by atoms with Gasteiger partial charge >= 0.3 is 5.63 Å². The Hall–Kier alpha value is -1.59. The molecule has 1 aromatic heterocycles. The molecule has 0 aliphatic carbocycles. The Balaban J connectivity index is 3.03. The Labute approximate surface area is 92.6 Å². The zero-order valence-electron chi connectivity index (χ0n) is 9.08. The van der Waals surface area contributed by atoms with E-state index in [1.54, 1.807) is 13.0 Å². The minimum atomic E-state index is -1.29. The lowest BCUT2D eigenvalue weighted by Gasteiger charge is -2.13. The van der Waals surface area contributed by atoms with Crippen LogP contribution in [0.2, 0.25) is 0 Å². The van der Waals surface area contributed by atoms with E-state index in [2.05, 4.69) is 0 Å². The van der Waals surface area contributed by atoms with E-state index in [1.807, 2.05) is 0 Å². The van der Waals surface area contributed by atoms with E-state index in [9.17, 15) is 15.0 Å². The van der Waals surface area contributed by atoms with Crippen molar-refractivity contribution in [2.24, 2.45) is 0 Å². The summed E-state index contributed by atoms with van der Waals surface area (Å²) in [7, 11) is 1.40. The highest BCUT2D eigenvalue weighted by molar-refractivity contribution is 5.22. The molecule has 0 aliphatic heterocycles. The quantitative estimate of drug-likeness (QED) is 0.735. The zero-order chi connectivity index (χ0) is 12.1. The van der Waals surface area contributed by atoms with Gasteiger partial charge in [-0.05, 0) is 6.92 Å². The molecule has 0 fully saturated rings. The summed E-state index contributed by atoms with van der Waals surface area (Å²) in [6.07, 6.45) is 0.565. The van der Waals surface area contributed by atoms with Gasteiger partial charge in [0.25, 0.3) is 0 Å². The van der Waals surface area contributed by atoms with Crippen LogP contribution in [0, 0.1) is 0 Å². The zero-order valence-corrected chi connectivity index (χ0v) is 9.08. The van der Waals surface area contributed by atoms with Crippen LogP contribution in [-0.2, 0) is 0 Å². The maximum Gasteiger partial charge on any atom is 0.339 e. The van der Waals surface area contributed by atoms with Crippen molar-refractivity contribution in [1.29, 1.82) is 0 Å². The molecule has 1 heterocycles. The number of methoxy groups -OCH3 is 1. The van der Waals surface area contributed by atoms with Crippen LogP contribution in [0.25, 0.3) is 0 Å². The van der Waals surface area contributed by atoms with Crippen molar-refractivity contribution in [3.63, 3.8) is 0 Å². The van der Waals surface area contributed by atoms with Crippen LogP contribution >= 0.6 is 0 Å². The lowest BCUT2D eigenvalue weighted by Crippen LogP contribution is -2.17. The lowest BCUT2D eigenvalue weighted by molar-refractivity contribution is 0.0310. The van der Waals surface area contributed by atoms with Crippen LogP contribution in [0.4, 0.5) is 0 Å². The van der Waals surface area contributed by atoms with Crippen molar-refractivity contribution in [1.82, 2.24) is 0 Å². The molecule has 16 heavy (non-hydrogen) atoms. The summed E-state index contributed by atoms with van der Waals surface area (Å²) in [4.78, 5) is 11.1. The molecular formula is C11H14O5. The monoisotopic (exact) mass is 226 g/mol. The number of hydrogen-bond donors (Lipinski definition) is 2. The molecule has 0 spiro atoms. The van der Waals surface area contributed by atoms with E-state index in [4.69, 9.17) is 9.15 Å².